The predicted molar refractivity (Wildman–Crippen MR) is 81.1 cm³/mol. The van der Waals surface area contributed by atoms with Gasteiger partial charge in [0, 0.05) is 11.5 Å². The highest BCUT2D eigenvalue weighted by Crippen LogP contribution is 2.21. The number of piperidine rings is 1. The Balaban J connectivity index is 0.000000771. The van der Waals surface area contributed by atoms with Gasteiger partial charge in [0.05, 0.1) is 0 Å². The van der Waals surface area contributed by atoms with Crippen LogP contribution in [-0.2, 0) is 0 Å². The summed E-state index contributed by atoms with van der Waals surface area (Å²) < 4.78 is 0. The lowest BCUT2D eigenvalue weighted by atomic mass is 9.91. The van der Waals surface area contributed by atoms with Crippen molar-refractivity contribution in [2.45, 2.75) is 52.9 Å². The Morgan fingerprint density at radius 1 is 1.28 bits per heavy atom. The molecule has 102 valence electrons. The largest absolute Gasteiger partial charge is 0.361 e. The lowest BCUT2D eigenvalue weighted by Crippen LogP contribution is -2.31. The van der Waals surface area contributed by atoms with E-state index < -0.39 is 0 Å². The van der Waals surface area contributed by atoms with Crippen LogP contribution in [0.5, 0.6) is 0 Å². The Labute approximate surface area is 111 Å². The van der Waals surface area contributed by atoms with Gasteiger partial charge in [-0.3, -0.25) is 0 Å². The van der Waals surface area contributed by atoms with Gasteiger partial charge in [0.1, 0.15) is 0 Å². The van der Waals surface area contributed by atoms with Gasteiger partial charge in [-0.25, -0.2) is 0 Å². The minimum atomic E-state index is 0.740. The van der Waals surface area contributed by atoms with Gasteiger partial charge in [0.25, 0.3) is 0 Å². The third kappa shape index (κ3) is 3.49. The van der Waals surface area contributed by atoms with Gasteiger partial charge in [-0.2, -0.15) is 0 Å². The van der Waals surface area contributed by atoms with E-state index in [1.807, 2.05) is 13.8 Å². The number of aromatic amines is 1. The Bertz CT molecular complexity index is 436. The van der Waals surface area contributed by atoms with Crippen molar-refractivity contribution in [1.29, 1.82) is 0 Å². The van der Waals surface area contributed by atoms with E-state index in [4.69, 9.17) is 0 Å². The molecule has 1 aliphatic heterocycles. The average Bonchev–Trinajstić information content (AvgIpc) is 2.85. The number of hydrogen-bond donors (Lipinski definition) is 2. The molecule has 2 rings (SSSR count). The smallest absolute Gasteiger partial charge is 0.0410 e. The highest BCUT2D eigenvalue weighted by molar-refractivity contribution is 5.34. The molecule has 2 N–H and O–H groups in total. The fourth-order valence-electron chi connectivity index (χ4n) is 2.61. The quantitative estimate of drug-likeness (QED) is 0.827. The molecular formula is C16H28N2. The van der Waals surface area contributed by atoms with E-state index in [1.54, 1.807) is 0 Å². The van der Waals surface area contributed by atoms with Crippen molar-refractivity contribution in [3.05, 3.63) is 22.3 Å². The normalized spacial score (nSPS) is 18.7. The van der Waals surface area contributed by atoms with Crippen molar-refractivity contribution in [3.8, 4) is 0 Å². The highest BCUT2D eigenvalue weighted by atomic mass is 14.9. The first-order valence-electron chi connectivity index (χ1n) is 7.41. The van der Waals surface area contributed by atoms with E-state index in [0.29, 0.717) is 0 Å². The summed E-state index contributed by atoms with van der Waals surface area (Å²) >= 11 is 0. The van der Waals surface area contributed by atoms with Crippen LogP contribution in [0.1, 0.15) is 58.4 Å². The zero-order chi connectivity index (χ0) is 13.4. The zero-order valence-corrected chi connectivity index (χ0v) is 12.3. The summed E-state index contributed by atoms with van der Waals surface area (Å²) in [5.41, 5.74) is 1.52. The molecule has 2 heteroatoms. The number of rotatable bonds is 2. The lowest BCUT2D eigenvalue weighted by Gasteiger charge is -2.21. The first-order valence-corrected chi connectivity index (χ1v) is 7.41. The van der Waals surface area contributed by atoms with Crippen LogP contribution in [0, 0.1) is 0 Å². The van der Waals surface area contributed by atoms with Gasteiger partial charge in [-0.15, -0.1) is 0 Å². The molecule has 1 aromatic heterocycles. The van der Waals surface area contributed by atoms with Crippen LogP contribution in [-0.4, -0.2) is 18.1 Å². The van der Waals surface area contributed by atoms with E-state index in [-0.39, 0.29) is 0 Å². The molecular weight excluding hydrogens is 220 g/mol. The molecule has 0 atom stereocenters. The molecule has 0 saturated carbocycles. The van der Waals surface area contributed by atoms with Gasteiger partial charge < -0.3 is 10.3 Å². The van der Waals surface area contributed by atoms with Crippen molar-refractivity contribution < 1.29 is 0 Å². The first kappa shape index (κ1) is 15.0. The van der Waals surface area contributed by atoms with Gasteiger partial charge in [-0.1, -0.05) is 32.9 Å². The molecule has 0 radical (unpaired) electrons. The zero-order valence-electron chi connectivity index (χ0n) is 12.3. The molecule has 0 amide bonds. The molecule has 1 fully saturated rings. The van der Waals surface area contributed by atoms with E-state index >= 15 is 0 Å². The average molecular weight is 248 g/mol. The maximum absolute atomic E-state index is 3.43. The first-order chi connectivity index (χ1) is 8.86. The third-order valence-electron chi connectivity index (χ3n) is 3.46. The predicted octanol–water partition coefficient (Wildman–Crippen LogP) is 2.50. The highest BCUT2D eigenvalue weighted by Gasteiger charge is 2.16. The molecule has 2 nitrogen and oxygen atoms in total. The summed E-state index contributed by atoms with van der Waals surface area (Å²) in [7, 11) is 0. The Hall–Kier alpha value is -1.02. The summed E-state index contributed by atoms with van der Waals surface area (Å²) in [6.45, 7) is 10.6. The summed E-state index contributed by atoms with van der Waals surface area (Å²) in [5.74, 6) is 0.740. The molecule has 0 bridgehead atoms. The van der Waals surface area contributed by atoms with E-state index in [2.05, 4.69) is 42.5 Å². The molecule has 18 heavy (non-hydrogen) atoms. The molecule has 1 aromatic rings. The van der Waals surface area contributed by atoms with Gasteiger partial charge in [0.15, 0.2) is 0 Å². The summed E-state index contributed by atoms with van der Waals surface area (Å²) in [4.78, 5) is 3.40. The van der Waals surface area contributed by atoms with E-state index in [1.165, 1.54) is 29.0 Å². The van der Waals surface area contributed by atoms with Crippen molar-refractivity contribution in [3.63, 3.8) is 0 Å². The second kappa shape index (κ2) is 8.15. The maximum Gasteiger partial charge on any atom is 0.0410 e. The van der Waals surface area contributed by atoms with Crippen molar-refractivity contribution in [2.24, 2.45) is 0 Å². The number of hydrogen-bond acceptors (Lipinski definition) is 1. The molecule has 0 unspecified atom stereocenters. The Morgan fingerprint density at radius 3 is 2.50 bits per heavy atom. The summed E-state index contributed by atoms with van der Waals surface area (Å²) in [5, 5.41) is 6.16. The fraction of sp³-hybridized carbons (Fsp3) is 0.625. The number of aromatic nitrogens is 1. The monoisotopic (exact) mass is 248 g/mol. The van der Waals surface area contributed by atoms with Gasteiger partial charge >= 0.3 is 0 Å². The van der Waals surface area contributed by atoms with Crippen LogP contribution in [0.15, 0.2) is 6.20 Å². The van der Waals surface area contributed by atoms with Crippen LogP contribution < -0.4 is 15.9 Å². The van der Waals surface area contributed by atoms with Crippen molar-refractivity contribution in [1.82, 2.24) is 10.3 Å². The van der Waals surface area contributed by atoms with Gasteiger partial charge in [0.2, 0.25) is 0 Å². The summed E-state index contributed by atoms with van der Waals surface area (Å²) in [6, 6.07) is 0. The van der Waals surface area contributed by atoms with Crippen LogP contribution in [0.2, 0.25) is 0 Å². The molecule has 1 saturated heterocycles. The van der Waals surface area contributed by atoms with E-state index in [9.17, 15) is 0 Å². The van der Waals surface area contributed by atoms with Gasteiger partial charge in [-0.05, 0) is 56.0 Å². The minimum absolute atomic E-state index is 0.740. The number of H-pyrrole nitrogens is 1. The fourth-order valence-corrected chi connectivity index (χ4v) is 2.61. The third-order valence-corrected chi connectivity index (χ3v) is 3.46. The second-order valence-electron chi connectivity index (χ2n) is 4.50. The maximum atomic E-state index is 3.43. The van der Waals surface area contributed by atoms with Crippen LogP contribution in [0.4, 0.5) is 0 Å². The SMILES string of the molecule is C/C=c1/[nH]cc(C2CCNCC2)/c1=C/CC.CC. The van der Waals surface area contributed by atoms with Crippen molar-refractivity contribution >= 4 is 12.2 Å². The summed E-state index contributed by atoms with van der Waals surface area (Å²) in [6.07, 6.45) is 10.4. The molecule has 0 aromatic carbocycles. The Kier molecular flexibility index (Phi) is 6.81. The van der Waals surface area contributed by atoms with E-state index in [0.717, 1.165) is 25.4 Å². The van der Waals surface area contributed by atoms with Crippen LogP contribution >= 0.6 is 0 Å². The minimum Gasteiger partial charge on any atom is -0.361 e. The molecule has 2 heterocycles. The van der Waals surface area contributed by atoms with Crippen LogP contribution in [0.3, 0.4) is 0 Å². The standard InChI is InChI=1S/C14H22N2.C2H6/c1-3-5-12-13(10-16-14(12)4-2)11-6-8-15-9-7-11;1-2/h4-5,10-11,15-16H,3,6-9H2,1-2H3;1-2H3/b12-5-,14-4+;. The molecule has 0 aliphatic carbocycles. The van der Waals surface area contributed by atoms with Crippen molar-refractivity contribution in [2.75, 3.05) is 13.1 Å². The molecule has 1 aliphatic rings. The number of nitrogens with one attached hydrogen (secondary N) is 2. The second-order valence-corrected chi connectivity index (χ2v) is 4.50. The molecule has 0 spiro atoms. The topological polar surface area (TPSA) is 27.8 Å². The lowest BCUT2D eigenvalue weighted by molar-refractivity contribution is 0.459. The van der Waals surface area contributed by atoms with Crippen LogP contribution in [0.25, 0.3) is 12.2 Å². The Morgan fingerprint density at radius 2 is 1.94 bits per heavy atom.